The summed E-state index contributed by atoms with van der Waals surface area (Å²) in [6, 6.07) is 0.895. The zero-order valence-electron chi connectivity index (χ0n) is 8.71. The Labute approximate surface area is 81.5 Å². The normalized spacial score (nSPS) is 37.4. The Morgan fingerprint density at radius 3 is 2.69 bits per heavy atom. The molecule has 2 unspecified atom stereocenters. The van der Waals surface area contributed by atoms with Gasteiger partial charge in [0, 0.05) is 19.1 Å². The predicted octanol–water partition coefficient (Wildman–Crippen LogP) is 1.46. The standard InChI is InChI=1S/C11H22N2/c1-9-3-2-4-11(5-9)13-7-10(6-12)8-13/h9-11H,2-8,12H2,1H3. The van der Waals surface area contributed by atoms with Gasteiger partial charge in [-0.25, -0.2) is 0 Å². The van der Waals surface area contributed by atoms with Crippen LogP contribution in [0.25, 0.3) is 0 Å². The monoisotopic (exact) mass is 182 g/mol. The first-order valence-corrected chi connectivity index (χ1v) is 5.73. The van der Waals surface area contributed by atoms with Crippen molar-refractivity contribution in [3.05, 3.63) is 0 Å². The largest absolute Gasteiger partial charge is 0.330 e. The molecule has 0 aromatic carbocycles. The third-order valence-corrected chi connectivity index (χ3v) is 3.74. The first-order valence-electron chi connectivity index (χ1n) is 5.73. The fourth-order valence-corrected chi connectivity index (χ4v) is 2.79. The van der Waals surface area contributed by atoms with Gasteiger partial charge in [0.2, 0.25) is 0 Å². The summed E-state index contributed by atoms with van der Waals surface area (Å²) < 4.78 is 0. The molecule has 2 N–H and O–H groups in total. The van der Waals surface area contributed by atoms with Gasteiger partial charge in [-0.15, -0.1) is 0 Å². The minimum atomic E-state index is 0.803. The molecule has 0 spiro atoms. The molecule has 2 heteroatoms. The van der Waals surface area contributed by atoms with E-state index in [1.54, 1.807) is 0 Å². The summed E-state index contributed by atoms with van der Waals surface area (Å²) in [5.41, 5.74) is 5.63. The Morgan fingerprint density at radius 1 is 1.31 bits per heavy atom. The Bertz CT molecular complexity index is 163. The van der Waals surface area contributed by atoms with Gasteiger partial charge in [-0.1, -0.05) is 19.8 Å². The maximum absolute atomic E-state index is 5.63. The van der Waals surface area contributed by atoms with Crippen LogP contribution in [0.5, 0.6) is 0 Å². The first-order chi connectivity index (χ1) is 6.29. The second kappa shape index (κ2) is 3.97. The summed E-state index contributed by atoms with van der Waals surface area (Å²) in [6.07, 6.45) is 5.75. The Balaban J connectivity index is 1.75. The molecule has 13 heavy (non-hydrogen) atoms. The Morgan fingerprint density at radius 2 is 2.08 bits per heavy atom. The van der Waals surface area contributed by atoms with Gasteiger partial charge in [0.1, 0.15) is 0 Å². The molecule has 2 aliphatic rings. The third kappa shape index (κ3) is 2.05. The average Bonchev–Trinajstić information content (AvgIpc) is 2.02. The molecule has 0 radical (unpaired) electrons. The van der Waals surface area contributed by atoms with E-state index in [2.05, 4.69) is 11.8 Å². The molecule has 76 valence electrons. The second-order valence-electron chi connectivity index (χ2n) is 4.98. The van der Waals surface area contributed by atoms with Gasteiger partial charge in [-0.05, 0) is 31.2 Å². The topological polar surface area (TPSA) is 29.3 Å². The lowest BCUT2D eigenvalue weighted by Crippen LogP contribution is -2.55. The average molecular weight is 182 g/mol. The van der Waals surface area contributed by atoms with Crippen molar-refractivity contribution in [3.8, 4) is 0 Å². The van der Waals surface area contributed by atoms with Crippen LogP contribution >= 0.6 is 0 Å². The lowest BCUT2D eigenvalue weighted by atomic mass is 9.83. The number of nitrogens with two attached hydrogens (primary N) is 1. The van der Waals surface area contributed by atoms with Crippen LogP contribution in [0.4, 0.5) is 0 Å². The maximum atomic E-state index is 5.63. The molecule has 2 rings (SSSR count). The van der Waals surface area contributed by atoms with E-state index in [1.165, 1.54) is 38.8 Å². The quantitative estimate of drug-likeness (QED) is 0.700. The van der Waals surface area contributed by atoms with E-state index in [-0.39, 0.29) is 0 Å². The highest BCUT2D eigenvalue weighted by atomic mass is 15.2. The molecule has 2 fully saturated rings. The van der Waals surface area contributed by atoms with Crippen LogP contribution < -0.4 is 5.73 Å². The zero-order chi connectivity index (χ0) is 9.26. The number of hydrogen-bond donors (Lipinski definition) is 1. The minimum Gasteiger partial charge on any atom is -0.330 e. The SMILES string of the molecule is CC1CCCC(N2CC(CN)C2)C1. The number of rotatable bonds is 2. The van der Waals surface area contributed by atoms with E-state index in [4.69, 9.17) is 5.73 Å². The molecule has 0 aromatic rings. The minimum absolute atomic E-state index is 0.803. The van der Waals surface area contributed by atoms with Crippen molar-refractivity contribution in [1.29, 1.82) is 0 Å². The number of nitrogens with zero attached hydrogens (tertiary/aromatic N) is 1. The summed E-state index contributed by atoms with van der Waals surface area (Å²) >= 11 is 0. The van der Waals surface area contributed by atoms with Crippen LogP contribution in [0.15, 0.2) is 0 Å². The van der Waals surface area contributed by atoms with E-state index >= 15 is 0 Å². The summed E-state index contributed by atoms with van der Waals surface area (Å²) in [6.45, 7) is 5.83. The van der Waals surface area contributed by atoms with Crippen molar-refractivity contribution < 1.29 is 0 Å². The van der Waals surface area contributed by atoms with Crippen LogP contribution in [0.1, 0.15) is 32.6 Å². The highest BCUT2D eigenvalue weighted by Gasteiger charge is 2.33. The van der Waals surface area contributed by atoms with Crippen molar-refractivity contribution >= 4 is 0 Å². The summed E-state index contributed by atoms with van der Waals surface area (Å²) in [7, 11) is 0. The predicted molar refractivity (Wildman–Crippen MR) is 55.5 cm³/mol. The van der Waals surface area contributed by atoms with Gasteiger partial charge in [-0.2, -0.15) is 0 Å². The maximum Gasteiger partial charge on any atom is 0.00980 e. The third-order valence-electron chi connectivity index (χ3n) is 3.74. The molecule has 0 bridgehead atoms. The van der Waals surface area contributed by atoms with E-state index in [0.717, 1.165) is 24.4 Å². The lowest BCUT2D eigenvalue weighted by molar-refractivity contribution is 0.0299. The van der Waals surface area contributed by atoms with E-state index < -0.39 is 0 Å². The van der Waals surface area contributed by atoms with Crippen molar-refractivity contribution in [3.63, 3.8) is 0 Å². The van der Waals surface area contributed by atoms with Crippen molar-refractivity contribution in [2.45, 2.75) is 38.6 Å². The van der Waals surface area contributed by atoms with Crippen molar-refractivity contribution in [1.82, 2.24) is 4.90 Å². The lowest BCUT2D eigenvalue weighted by Gasteiger charge is -2.46. The molecule has 2 nitrogen and oxygen atoms in total. The highest BCUT2D eigenvalue weighted by Crippen LogP contribution is 2.30. The smallest absolute Gasteiger partial charge is 0.00980 e. The number of likely N-dealkylation sites (tertiary alicyclic amines) is 1. The van der Waals surface area contributed by atoms with E-state index in [1.807, 2.05) is 0 Å². The van der Waals surface area contributed by atoms with Crippen LogP contribution in [-0.2, 0) is 0 Å². The fraction of sp³-hybridized carbons (Fsp3) is 1.00. The van der Waals surface area contributed by atoms with Crippen LogP contribution in [0.3, 0.4) is 0 Å². The zero-order valence-corrected chi connectivity index (χ0v) is 8.71. The highest BCUT2D eigenvalue weighted by molar-refractivity contribution is 4.88. The molecule has 2 atom stereocenters. The Kier molecular flexibility index (Phi) is 2.89. The number of hydrogen-bond acceptors (Lipinski definition) is 2. The van der Waals surface area contributed by atoms with E-state index in [0.29, 0.717) is 0 Å². The van der Waals surface area contributed by atoms with E-state index in [9.17, 15) is 0 Å². The van der Waals surface area contributed by atoms with Crippen LogP contribution in [0, 0.1) is 11.8 Å². The van der Waals surface area contributed by atoms with Crippen molar-refractivity contribution in [2.24, 2.45) is 17.6 Å². The molecular formula is C11H22N2. The van der Waals surface area contributed by atoms with Crippen LogP contribution in [0.2, 0.25) is 0 Å². The van der Waals surface area contributed by atoms with Crippen molar-refractivity contribution in [2.75, 3.05) is 19.6 Å². The Hall–Kier alpha value is -0.0800. The van der Waals surface area contributed by atoms with Crippen LogP contribution in [-0.4, -0.2) is 30.6 Å². The molecule has 1 saturated carbocycles. The summed E-state index contributed by atoms with van der Waals surface area (Å²) in [5.74, 6) is 1.76. The van der Waals surface area contributed by atoms with Gasteiger partial charge in [0.15, 0.2) is 0 Å². The summed E-state index contributed by atoms with van der Waals surface area (Å²) in [5, 5.41) is 0. The molecule has 1 aliphatic heterocycles. The first kappa shape index (κ1) is 9.47. The molecule has 1 saturated heterocycles. The molecule has 1 aliphatic carbocycles. The molecule has 0 amide bonds. The molecule has 1 heterocycles. The molecular weight excluding hydrogens is 160 g/mol. The second-order valence-corrected chi connectivity index (χ2v) is 4.98. The van der Waals surface area contributed by atoms with Gasteiger partial charge in [0.25, 0.3) is 0 Å². The summed E-state index contributed by atoms with van der Waals surface area (Å²) in [4.78, 5) is 2.65. The van der Waals surface area contributed by atoms with Gasteiger partial charge in [-0.3, -0.25) is 4.90 Å². The molecule has 0 aromatic heterocycles. The fourth-order valence-electron chi connectivity index (χ4n) is 2.79. The van der Waals surface area contributed by atoms with Gasteiger partial charge < -0.3 is 5.73 Å². The van der Waals surface area contributed by atoms with Gasteiger partial charge in [0.05, 0.1) is 0 Å². The van der Waals surface area contributed by atoms with Gasteiger partial charge >= 0.3 is 0 Å².